The first kappa shape index (κ1) is 22.8. The van der Waals surface area contributed by atoms with Crippen LogP contribution in [0.4, 0.5) is 11.4 Å². The number of para-hydroxylation sites is 2. The van der Waals surface area contributed by atoms with Crippen LogP contribution < -0.4 is 15.0 Å². The topological polar surface area (TPSA) is 84.9 Å². The Hall–Kier alpha value is -2.87. The van der Waals surface area contributed by atoms with Crippen LogP contribution in [-0.4, -0.2) is 37.5 Å². The van der Waals surface area contributed by atoms with E-state index in [1.807, 2.05) is 39.0 Å². The van der Waals surface area contributed by atoms with Gasteiger partial charge in [-0.15, -0.1) is 0 Å². The summed E-state index contributed by atoms with van der Waals surface area (Å²) in [6.45, 7) is 5.96. The highest BCUT2D eigenvalue weighted by Crippen LogP contribution is 2.33. The van der Waals surface area contributed by atoms with Crippen molar-refractivity contribution in [3.05, 3.63) is 52.0 Å². The van der Waals surface area contributed by atoms with Crippen molar-refractivity contribution in [3.8, 4) is 5.75 Å². The number of ether oxygens (including phenoxy) is 2. The molecule has 3 rings (SSSR count). The van der Waals surface area contributed by atoms with Gasteiger partial charge in [0.05, 0.1) is 18.2 Å². The largest absolute Gasteiger partial charge is 0.492 e. The molecule has 2 aromatic carbocycles. The van der Waals surface area contributed by atoms with Crippen LogP contribution in [-0.2, 0) is 19.1 Å². The normalized spacial score (nSPS) is 15.7. The number of hydrogen-bond donors (Lipinski definition) is 1. The van der Waals surface area contributed by atoms with Crippen molar-refractivity contribution in [3.63, 3.8) is 0 Å². The zero-order valence-corrected chi connectivity index (χ0v) is 19.3. The average molecular weight is 489 g/mol. The molecule has 1 aliphatic rings. The summed E-state index contributed by atoms with van der Waals surface area (Å²) < 4.78 is 11.7. The van der Waals surface area contributed by atoms with Crippen LogP contribution in [0.2, 0.25) is 0 Å². The number of benzene rings is 2. The molecule has 1 N–H and O–H groups in total. The minimum atomic E-state index is -0.633. The Morgan fingerprint density at radius 3 is 2.65 bits per heavy atom. The summed E-state index contributed by atoms with van der Waals surface area (Å²) in [6.07, 6.45) is 0.0337. The maximum absolute atomic E-state index is 12.5. The molecule has 1 saturated heterocycles. The highest BCUT2D eigenvalue weighted by atomic mass is 79.9. The van der Waals surface area contributed by atoms with E-state index in [-0.39, 0.29) is 18.9 Å². The van der Waals surface area contributed by atoms with E-state index in [2.05, 4.69) is 21.2 Å². The maximum atomic E-state index is 12.5. The van der Waals surface area contributed by atoms with Crippen LogP contribution >= 0.6 is 15.9 Å². The average Bonchev–Trinajstić information content (AvgIpc) is 3.14. The molecule has 0 unspecified atom stereocenters. The summed E-state index contributed by atoms with van der Waals surface area (Å²) in [6, 6.07) is 10.8. The zero-order valence-electron chi connectivity index (χ0n) is 17.7. The molecule has 1 heterocycles. The van der Waals surface area contributed by atoms with E-state index in [0.29, 0.717) is 23.7 Å². The van der Waals surface area contributed by atoms with Gasteiger partial charge >= 0.3 is 5.97 Å². The fraction of sp³-hybridized carbons (Fsp3) is 0.348. The van der Waals surface area contributed by atoms with Gasteiger partial charge in [0.25, 0.3) is 5.91 Å². The molecule has 0 bridgehead atoms. The smallest absolute Gasteiger partial charge is 0.311 e. The Morgan fingerprint density at radius 1 is 1.16 bits per heavy atom. The molecular formula is C23H25BrN2O5. The lowest BCUT2D eigenvalue weighted by Gasteiger charge is -2.20. The van der Waals surface area contributed by atoms with E-state index in [1.165, 1.54) is 4.90 Å². The number of hydrogen-bond acceptors (Lipinski definition) is 5. The van der Waals surface area contributed by atoms with Crippen LogP contribution in [0.5, 0.6) is 5.75 Å². The van der Waals surface area contributed by atoms with Gasteiger partial charge in [-0.2, -0.15) is 0 Å². The molecule has 1 atom stereocenters. The summed E-state index contributed by atoms with van der Waals surface area (Å²) >= 11 is 3.45. The number of carbonyl (C=O) groups is 3. The summed E-state index contributed by atoms with van der Waals surface area (Å²) in [5.74, 6) is -1.22. The van der Waals surface area contributed by atoms with Gasteiger partial charge in [-0.25, -0.2) is 0 Å². The van der Waals surface area contributed by atoms with Crippen molar-refractivity contribution in [1.82, 2.24) is 0 Å². The molecule has 0 aliphatic carbocycles. The number of esters is 1. The van der Waals surface area contributed by atoms with Crippen molar-refractivity contribution in [2.24, 2.45) is 5.92 Å². The van der Waals surface area contributed by atoms with Crippen LogP contribution in [0.15, 0.2) is 40.9 Å². The van der Waals surface area contributed by atoms with Crippen molar-refractivity contribution >= 4 is 45.1 Å². The summed E-state index contributed by atoms with van der Waals surface area (Å²) in [5.41, 5.74) is 3.24. The monoisotopic (exact) mass is 488 g/mol. The molecule has 31 heavy (non-hydrogen) atoms. The van der Waals surface area contributed by atoms with Gasteiger partial charge < -0.3 is 19.7 Å². The molecule has 0 aromatic heterocycles. The molecule has 2 amide bonds. The summed E-state index contributed by atoms with van der Waals surface area (Å²) in [4.78, 5) is 38.8. The fourth-order valence-electron chi connectivity index (χ4n) is 3.42. The number of carbonyl (C=O) groups excluding carboxylic acids is 3. The van der Waals surface area contributed by atoms with Crippen LogP contribution in [0.3, 0.4) is 0 Å². The van der Waals surface area contributed by atoms with Crippen molar-refractivity contribution < 1.29 is 23.9 Å². The molecule has 2 aromatic rings. The number of rotatable bonds is 7. The van der Waals surface area contributed by atoms with Crippen LogP contribution in [0, 0.1) is 19.8 Å². The van der Waals surface area contributed by atoms with Gasteiger partial charge in [-0.3, -0.25) is 14.4 Å². The van der Waals surface area contributed by atoms with E-state index in [4.69, 9.17) is 9.47 Å². The Labute approximate surface area is 189 Å². The second kappa shape index (κ2) is 9.96. The van der Waals surface area contributed by atoms with Crippen LogP contribution in [0.1, 0.15) is 24.5 Å². The first-order chi connectivity index (χ1) is 14.8. The van der Waals surface area contributed by atoms with E-state index in [0.717, 1.165) is 15.6 Å². The van der Waals surface area contributed by atoms with Gasteiger partial charge in [0.1, 0.15) is 5.75 Å². The van der Waals surface area contributed by atoms with E-state index >= 15 is 0 Å². The van der Waals surface area contributed by atoms with E-state index < -0.39 is 24.4 Å². The highest BCUT2D eigenvalue weighted by molar-refractivity contribution is 9.10. The third-order valence-electron chi connectivity index (χ3n) is 5.25. The van der Waals surface area contributed by atoms with Gasteiger partial charge in [0.2, 0.25) is 5.91 Å². The highest BCUT2D eigenvalue weighted by Gasteiger charge is 2.37. The minimum Gasteiger partial charge on any atom is -0.492 e. The molecule has 7 nitrogen and oxygen atoms in total. The summed E-state index contributed by atoms with van der Waals surface area (Å²) in [7, 11) is 0. The number of nitrogens with zero attached hydrogens (tertiary/aromatic N) is 1. The second-order valence-electron chi connectivity index (χ2n) is 7.31. The first-order valence-corrected chi connectivity index (χ1v) is 10.9. The van der Waals surface area contributed by atoms with Crippen molar-refractivity contribution in [2.75, 3.05) is 30.0 Å². The van der Waals surface area contributed by atoms with Gasteiger partial charge in [-0.1, -0.05) is 28.1 Å². The van der Waals surface area contributed by atoms with Gasteiger partial charge in [-0.05, 0) is 56.2 Å². The van der Waals surface area contributed by atoms with E-state index in [9.17, 15) is 14.4 Å². The molecular weight excluding hydrogens is 464 g/mol. The lowest BCUT2D eigenvalue weighted by Crippen LogP contribution is -2.28. The Kier molecular flexibility index (Phi) is 7.33. The molecule has 8 heteroatoms. The van der Waals surface area contributed by atoms with Crippen molar-refractivity contribution in [2.45, 2.75) is 27.2 Å². The quantitative estimate of drug-likeness (QED) is 0.595. The van der Waals surface area contributed by atoms with Crippen LogP contribution in [0.25, 0.3) is 0 Å². The predicted molar refractivity (Wildman–Crippen MR) is 121 cm³/mol. The number of halogens is 1. The zero-order chi connectivity index (χ0) is 22.5. The number of amides is 2. The second-order valence-corrected chi connectivity index (χ2v) is 8.16. The SMILES string of the molecule is CCOc1ccccc1N1C[C@@H](C(=O)OCC(=O)Nc2ccc(Br)c(C)c2C)CC1=O. The Bertz CT molecular complexity index is 1010. The van der Waals surface area contributed by atoms with Gasteiger partial charge in [0.15, 0.2) is 6.61 Å². The van der Waals surface area contributed by atoms with Crippen molar-refractivity contribution in [1.29, 1.82) is 0 Å². The lowest BCUT2D eigenvalue weighted by molar-refractivity contribution is -0.151. The lowest BCUT2D eigenvalue weighted by atomic mass is 10.1. The maximum Gasteiger partial charge on any atom is 0.311 e. The molecule has 1 fully saturated rings. The standard InChI is InChI=1S/C23H25BrN2O5/c1-4-30-20-8-6-5-7-19(20)26-12-16(11-22(26)28)23(29)31-13-21(27)25-18-10-9-17(24)14(2)15(18)3/h5-10,16H,4,11-13H2,1-3H3,(H,25,27)/t16-/m0/s1. The van der Waals surface area contributed by atoms with E-state index in [1.54, 1.807) is 18.2 Å². The summed E-state index contributed by atoms with van der Waals surface area (Å²) in [5, 5.41) is 2.76. The Morgan fingerprint density at radius 2 is 1.90 bits per heavy atom. The molecule has 0 saturated carbocycles. The number of anilines is 2. The van der Waals surface area contributed by atoms with Gasteiger partial charge in [0, 0.05) is 23.1 Å². The number of nitrogens with one attached hydrogen (secondary N) is 1. The fourth-order valence-corrected chi connectivity index (χ4v) is 3.85. The Balaban J connectivity index is 1.58. The predicted octanol–water partition coefficient (Wildman–Crippen LogP) is 4.00. The molecule has 0 spiro atoms. The third-order valence-corrected chi connectivity index (χ3v) is 6.11. The molecule has 0 radical (unpaired) electrons. The third kappa shape index (κ3) is 5.25. The first-order valence-electron chi connectivity index (χ1n) is 10.1. The molecule has 1 aliphatic heterocycles. The minimum absolute atomic E-state index is 0.0337. The molecule has 164 valence electrons.